The molecule has 1 aromatic carbocycles. The van der Waals surface area contributed by atoms with Crippen LogP contribution in [-0.2, 0) is 0 Å². The van der Waals surface area contributed by atoms with Crippen molar-refractivity contribution in [3.8, 4) is 5.75 Å². The first kappa shape index (κ1) is 19.0. The SMILES string of the molecule is FC(F)(F)Oc1ccc(C(=C2CCCN=C2c2cccnc2)c2ccc[nH]2)cc1. The number of pyridine rings is 1. The highest BCUT2D eigenvalue weighted by molar-refractivity contribution is 6.18. The molecule has 0 unspecified atom stereocenters. The van der Waals surface area contributed by atoms with Gasteiger partial charge in [-0.1, -0.05) is 12.1 Å². The second-order valence-electron chi connectivity index (χ2n) is 6.59. The van der Waals surface area contributed by atoms with Crippen molar-refractivity contribution in [2.24, 2.45) is 4.99 Å². The maximum Gasteiger partial charge on any atom is 0.573 e. The summed E-state index contributed by atoms with van der Waals surface area (Å²) in [6.07, 6.45) is 2.30. The molecule has 0 radical (unpaired) electrons. The first-order valence-corrected chi connectivity index (χ1v) is 9.19. The molecule has 7 heteroatoms. The molecule has 4 rings (SSSR count). The van der Waals surface area contributed by atoms with E-state index in [2.05, 4.69) is 14.7 Å². The molecule has 3 heterocycles. The van der Waals surface area contributed by atoms with Crippen LogP contribution < -0.4 is 4.74 Å². The van der Waals surface area contributed by atoms with Crippen molar-refractivity contribution in [1.29, 1.82) is 0 Å². The van der Waals surface area contributed by atoms with Gasteiger partial charge in [0.05, 0.1) is 5.71 Å². The summed E-state index contributed by atoms with van der Waals surface area (Å²) < 4.78 is 41.5. The third-order valence-corrected chi connectivity index (χ3v) is 4.62. The number of allylic oxidation sites excluding steroid dienone is 1. The van der Waals surface area contributed by atoms with Gasteiger partial charge in [0, 0.05) is 42.0 Å². The van der Waals surface area contributed by atoms with Crippen molar-refractivity contribution in [1.82, 2.24) is 9.97 Å². The van der Waals surface area contributed by atoms with Gasteiger partial charge in [-0.3, -0.25) is 9.98 Å². The predicted octanol–water partition coefficient (Wildman–Crippen LogP) is 5.39. The molecule has 0 saturated carbocycles. The maximum absolute atomic E-state index is 12.5. The van der Waals surface area contributed by atoms with Gasteiger partial charge in [0.15, 0.2) is 0 Å². The summed E-state index contributed by atoms with van der Waals surface area (Å²) in [7, 11) is 0. The first-order valence-electron chi connectivity index (χ1n) is 9.19. The van der Waals surface area contributed by atoms with Crippen LogP contribution in [0.25, 0.3) is 5.57 Å². The molecule has 0 atom stereocenters. The lowest BCUT2D eigenvalue weighted by Crippen LogP contribution is -2.17. The van der Waals surface area contributed by atoms with Gasteiger partial charge in [-0.05, 0) is 60.4 Å². The summed E-state index contributed by atoms with van der Waals surface area (Å²) in [6.45, 7) is 0.726. The van der Waals surface area contributed by atoms with Crippen LogP contribution >= 0.6 is 0 Å². The number of aromatic amines is 1. The Morgan fingerprint density at radius 3 is 2.52 bits per heavy atom. The average Bonchev–Trinajstić information content (AvgIpc) is 3.24. The minimum absolute atomic E-state index is 0.248. The van der Waals surface area contributed by atoms with Crippen LogP contribution in [0.3, 0.4) is 0 Å². The zero-order valence-electron chi connectivity index (χ0n) is 15.4. The van der Waals surface area contributed by atoms with Gasteiger partial charge in [0.25, 0.3) is 0 Å². The van der Waals surface area contributed by atoms with Crippen molar-refractivity contribution in [2.75, 3.05) is 6.54 Å². The van der Waals surface area contributed by atoms with Crippen LogP contribution in [0.15, 0.2) is 77.7 Å². The Bertz CT molecular complexity index is 1020. The van der Waals surface area contributed by atoms with Gasteiger partial charge in [0.2, 0.25) is 0 Å². The lowest BCUT2D eigenvalue weighted by Gasteiger charge is -2.21. The fourth-order valence-corrected chi connectivity index (χ4v) is 3.47. The number of H-pyrrole nitrogens is 1. The van der Waals surface area contributed by atoms with Gasteiger partial charge >= 0.3 is 6.36 Å². The van der Waals surface area contributed by atoms with Gasteiger partial charge in [-0.2, -0.15) is 0 Å². The van der Waals surface area contributed by atoms with Crippen LogP contribution in [0.5, 0.6) is 5.75 Å². The number of alkyl halides is 3. The van der Waals surface area contributed by atoms with Crippen molar-refractivity contribution < 1.29 is 17.9 Å². The second-order valence-corrected chi connectivity index (χ2v) is 6.59. The van der Waals surface area contributed by atoms with Gasteiger partial charge in [-0.25, -0.2) is 0 Å². The van der Waals surface area contributed by atoms with Crippen molar-refractivity contribution in [3.05, 3.63) is 89.5 Å². The van der Waals surface area contributed by atoms with Crippen LogP contribution in [0, 0.1) is 0 Å². The van der Waals surface area contributed by atoms with E-state index >= 15 is 0 Å². The standard InChI is InChI=1S/C22H18F3N3O/c23-22(24,25)29-17-9-7-15(8-10-17)20(19-6-3-12-27-19)18-5-2-13-28-21(18)16-4-1-11-26-14-16/h1,3-4,6-12,14,27H,2,5,13H2. The van der Waals surface area contributed by atoms with Crippen LogP contribution in [0.2, 0.25) is 0 Å². The summed E-state index contributed by atoms with van der Waals surface area (Å²) in [5, 5.41) is 0. The molecule has 0 fully saturated rings. The van der Waals surface area contributed by atoms with Crippen LogP contribution in [-0.4, -0.2) is 28.6 Å². The number of hydrogen-bond donors (Lipinski definition) is 1. The van der Waals surface area contributed by atoms with E-state index in [1.165, 1.54) is 12.1 Å². The number of benzene rings is 1. The van der Waals surface area contributed by atoms with E-state index in [-0.39, 0.29) is 5.75 Å². The molecule has 0 spiro atoms. The number of halogens is 3. The maximum atomic E-state index is 12.5. The van der Waals surface area contributed by atoms with Crippen molar-refractivity contribution in [3.63, 3.8) is 0 Å². The van der Waals surface area contributed by atoms with Crippen molar-refractivity contribution >= 4 is 11.3 Å². The van der Waals surface area contributed by atoms with E-state index in [4.69, 9.17) is 4.99 Å². The van der Waals surface area contributed by atoms with Gasteiger partial charge in [0.1, 0.15) is 5.75 Å². The third-order valence-electron chi connectivity index (χ3n) is 4.62. The molecular formula is C22H18F3N3O. The molecule has 1 aliphatic heterocycles. The van der Waals surface area contributed by atoms with E-state index in [1.807, 2.05) is 30.5 Å². The largest absolute Gasteiger partial charge is 0.573 e. The molecule has 0 aliphatic carbocycles. The zero-order chi connectivity index (χ0) is 20.3. The number of hydrogen-bond acceptors (Lipinski definition) is 3. The highest BCUT2D eigenvalue weighted by atomic mass is 19.4. The number of rotatable bonds is 4. The summed E-state index contributed by atoms with van der Waals surface area (Å²) >= 11 is 0. The molecular weight excluding hydrogens is 379 g/mol. The average molecular weight is 397 g/mol. The first-order chi connectivity index (χ1) is 14.0. The number of aromatic nitrogens is 2. The molecule has 4 nitrogen and oxygen atoms in total. The number of ether oxygens (including phenoxy) is 1. The Balaban J connectivity index is 1.82. The Morgan fingerprint density at radius 1 is 1.03 bits per heavy atom. The molecule has 2 aromatic heterocycles. The molecule has 29 heavy (non-hydrogen) atoms. The molecule has 0 saturated heterocycles. The van der Waals surface area contributed by atoms with Crippen molar-refractivity contribution in [2.45, 2.75) is 19.2 Å². The minimum atomic E-state index is -4.72. The Labute approximate surface area is 165 Å². The minimum Gasteiger partial charge on any atom is -0.406 e. The van der Waals surface area contributed by atoms with E-state index in [1.54, 1.807) is 24.5 Å². The summed E-state index contributed by atoms with van der Waals surface area (Å²) in [5.41, 5.74) is 5.40. The van der Waals surface area contributed by atoms with Gasteiger partial charge < -0.3 is 9.72 Å². The number of nitrogens with one attached hydrogen (secondary N) is 1. The lowest BCUT2D eigenvalue weighted by molar-refractivity contribution is -0.274. The molecule has 0 amide bonds. The normalized spacial score (nSPS) is 16.3. The molecule has 1 aliphatic rings. The van der Waals surface area contributed by atoms with E-state index in [9.17, 15) is 13.2 Å². The summed E-state index contributed by atoms with van der Waals surface area (Å²) in [5.74, 6) is -0.248. The van der Waals surface area contributed by atoms with E-state index in [0.29, 0.717) is 0 Å². The zero-order valence-corrected chi connectivity index (χ0v) is 15.4. The summed E-state index contributed by atoms with van der Waals surface area (Å²) in [4.78, 5) is 12.2. The Kier molecular flexibility index (Phi) is 5.20. The Hall–Kier alpha value is -3.35. The smallest absolute Gasteiger partial charge is 0.406 e. The highest BCUT2D eigenvalue weighted by Gasteiger charge is 2.31. The Morgan fingerprint density at radius 2 is 1.86 bits per heavy atom. The summed E-state index contributed by atoms with van der Waals surface area (Å²) in [6, 6.07) is 13.6. The second kappa shape index (κ2) is 7.95. The molecule has 148 valence electrons. The topological polar surface area (TPSA) is 50.3 Å². The lowest BCUT2D eigenvalue weighted by atomic mass is 9.87. The predicted molar refractivity (Wildman–Crippen MR) is 105 cm³/mol. The highest BCUT2D eigenvalue weighted by Crippen LogP contribution is 2.34. The number of aliphatic imine (C=N–C) groups is 1. The third kappa shape index (κ3) is 4.39. The van der Waals surface area contributed by atoms with Gasteiger partial charge in [-0.15, -0.1) is 13.2 Å². The molecule has 0 bridgehead atoms. The number of nitrogens with zero attached hydrogens (tertiary/aromatic N) is 2. The fourth-order valence-electron chi connectivity index (χ4n) is 3.47. The van der Waals surface area contributed by atoms with Crippen LogP contribution in [0.4, 0.5) is 13.2 Å². The molecule has 3 aromatic rings. The van der Waals surface area contributed by atoms with E-state index < -0.39 is 6.36 Å². The van der Waals surface area contributed by atoms with Crippen LogP contribution in [0.1, 0.15) is 29.7 Å². The monoisotopic (exact) mass is 397 g/mol. The van der Waals surface area contributed by atoms with E-state index in [0.717, 1.165) is 53.1 Å². The molecule has 1 N–H and O–H groups in total. The quantitative estimate of drug-likeness (QED) is 0.641. The fraction of sp³-hybridized carbons (Fsp3) is 0.182.